The number of nitrogens with zero attached hydrogens (tertiary/aromatic N) is 3. The van der Waals surface area contributed by atoms with Gasteiger partial charge in [0.25, 0.3) is 0 Å². The van der Waals surface area contributed by atoms with Crippen molar-refractivity contribution >= 4 is 28.3 Å². The Morgan fingerprint density at radius 3 is 2.85 bits per heavy atom. The summed E-state index contributed by atoms with van der Waals surface area (Å²) in [5, 5.41) is 12.5. The van der Waals surface area contributed by atoms with E-state index in [0.29, 0.717) is 11.7 Å². The number of hydrogen-bond donors (Lipinski definition) is 1. The molecule has 0 aliphatic carbocycles. The first kappa shape index (κ1) is 18.5. The SMILES string of the molecule is CCCCN1CC(C(=O)Nc2nnc(CCc3ccccc3)s2)CC1=O. The first-order valence-corrected chi connectivity index (χ1v) is 9.92. The molecule has 1 aliphatic rings. The molecule has 1 atom stereocenters. The van der Waals surface area contributed by atoms with Gasteiger partial charge in [0.1, 0.15) is 5.01 Å². The molecule has 3 rings (SSSR count). The van der Waals surface area contributed by atoms with Crippen LogP contribution in [0.25, 0.3) is 0 Å². The van der Waals surface area contributed by atoms with Gasteiger partial charge >= 0.3 is 0 Å². The van der Waals surface area contributed by atoms with Crippen molar-refractivity contribution in [3.8, 4) is 0 Å². The molecule has 0 saturated carbocycles. The second-order valence-corrected chi connectivity index (χ2v) is 7.63. The lowest BCUT2D eigenvalue weighted by Crippen LogP contribution is -2.29. The third kappa shape index (κ3) is 4.88. The fourth-order valence-corrected chi connectivity index (χ4v) is 3.76. The van der Waals surface area contributed by atoms with E-state index >= 15 is 0 Å². The van der Waals surface area contributed by atoms with Gasteiger partial charge in [0.15, 0.2) is 0 Å². The molecule has 6 nitrogen and oxygen atoms in total. The largest absolute Gasteiger partial charge is 0.342 e. The second-order valence-electron chi connectivity index (χ2n) is 6.57. The van der Waals surface area contributed by atoms with Crippen LogP contribution in [0.15, 0.2) is 30.3 Å². The molecule has 26 heavy (non-hydrogen) atoms. The average Bonchev–Trinajstić information content (AvgIpc) is 3.25. The molecule has 7 heteroatoms. The fourth-order valence-electron chi connectivity index (χ4n) is 3.02. The van der Waals surface area contributed by atoms with Crippen molar-refractivity contribution in [1.29, 1.82) is 0 Å². The predicted molar refractivity (Wildman–Crippen MR) is 102 cm³/mol. The van der Waals surface area contributed by atoms with Gasteiger partial charge in [-0.3, -0.25) is 9.59 Å². The number of rotatable bonds is 8. The Balaban J connectivity index is 1.49. The number of amides is 2. The van der Waals surface area contributed by atoms with Crippen LogP contribution >= 0.6 is 11.3 Å². The fraction of sp³-hybridized carbons (Fsp3) is 0.474. The van der Waals surface area contributed by atoms with E-state index < -0.39 is 0 Å². The molecule has 2 amide bonds. The Labute approximate surface area is 157 Å². The molecule has 2 aromatic rings. The summed E-state index contributed by atoms with van der Waals surface area (Å²) < 4.78 is 0. The first-order chi connectivity index (χ1) is 12.7. The summed E-state index contributed by atoms with van der Waals surface area (Å²) in [5.74, 6) is -0.362. The number of unbranched alkanes of at least 4 members (excludes halogenated alkanes) is 1. The number of aromatic nitrogens is 2. The highest BCUT2D eigenvalue weighted by atomic mass is 32.1. The van der Waals surface area contributed by atoms with E-state index in [2.05, 4.69) is 34.6 Å². The third-order valence-electron chi connectivity index (χ3n) is 4.53. The van der Waals surface area contributed by atoms with E-state index in [9.17, 15) is 9.59 Å². The molecule has 1 N–H and O–H groups in total. The highest BCUT2D eigenvalue weighted by molar-refractivity contribution is 7.15. The Bertz CT molecular complexity index is 747. The van der Waals surface area contributed by atoms with Crippen LogP contribution in [0.2, 0.25) is 0 Å². The molecule has 0 spiro atoms. The molecular weight excluding hydrogens is 348 g/mol. The Morgan fingerprint density at radius 1 is 1.27 bits per heavy atom. The molecule has 2 heterocycles. The van der Waals surface area contributed by atoms with Crippen LogP contribution in [0, 0.1) is 5.92 Å². The summed E-state index contributed by atoms with van der Waals surface area (Å²) in [6.45, 7) is 3.33. The predicted octanol–water partition coefficient (Wildman–Crippen LogP) is 2.91. The van der Waals surface area contributed by atoms with Crippen molar-refractivity contribution in [2.75, 3.05) is 18.4 Å². The van der Waals surface area contributed by atoms with Crippen LogP contribution in [0.1, 0.15) is 36.8 Å². The van der Waals surface area contributed by atoms with E-state index in [1.54, 1.807) is 4.90 Å². The minimum absolute atomic E-state index is 0.0689. The smallest absolute Gasteiger partial charge is 0.231 e. The summed E-state index contributed by atoms with van der Waals surface area (Å²) in [7, 11) is 0. The number of likely N-dealkylation sites (tertiary alicyclic amines) is 1. The molecule has 1 aromatic carbocycles. The second kappa shape index (κ2) is 8.89. The summed E-state index contributed by atoms with van der Waals surface area (Å²) in [6.07, 6.45) is 3.99. The van der Waals surface area contributed by atoms with Gasteiger partial charge in [-0.05, 0) is 18.4 Å². The molecule has 1 unspecified atom stereocenters. The maximum absolute atomic E-state index is 12.4. The molecule has 0 bridgehead atoms. The van der Waals surface area contributed by atoms with Crippen molar-refractivity contribution < 1.29 is 9.59 Å². The summed E-state index contributed by atoms with van der Waals surface area (Å²) in [6, 6.07) is 10.2. The number of carbonyl (C=O) groups is 2. The van der Waals surface area contributed by atoms with Gasteiger partial charge in [0.2, 0.25) is 16.9 Å². The van der Waals surface area contributed by atoms with Gasteiger partial charge in [-0.2, -0.15) is 0 Å². The lowest BCUT2D eigenvalue weighted by Gasteiger charge is -2.15. The highest BCUT2D eigenvalue weighted by Gasteiger charge is 2.34. The van der Waals surface area contributed by atoms with Crippen molar-refractivity contribution in [1.82, 2.24) is 15.1 Å². The number of benzene rings is 1. The minimum Gasteiger partial charge on any atom is -0.342 e. The van der Waals surface area contributed by atoms with Gasteiger partial charge in [-0.15, -0.1) is 10.2 Å². The lowest BCUT2D eigenvalue weighted by atomic mass is 10.1. The van der Waals surface area contributed by atoms with Crippen LogP contribution in [0.4, 0.5) is 5.13 Å². The lowest BCUT2D eigenvalue weighted by molar-refractivity contribution is -0.128. The van der Waals surface area contributed by atoms with Crippen LogP contribution in [-0.2, 0) is 22.4 Å². The Kier molecular flexibility index (Phi) is 6.33. The Morgan fingerprint density at radius 2 is 2.08 bits per heavy atom. The number of carbonyl (C=O) groups excluding carboxylic acids is 2. The molecule has 0 radical (unpaired) electrons. The van der Waals surface area contributed by atoms with Gasteiger partial charge in [-0.1, -0.05) is 55.0 Å². The zero-order valence-corrected chi connectivity index (χ0v) is 15.8. The van der Waals surface area contributed by atoms with Crippen LogP contribution in [0.5, 0.6) is 0 Å². The van der Waals surface area contributed by atoms with E-state index in [1.807, 2.05) is 18.2 Å². The molecular formula is C19H24N4O2S. The molecule has 1 aromatic heterocycles. The normalized spacial score (nSPS) is 16.9. The van der Waals surface area contributed by atoms with Crippen molar-refractivity contribution in [3.63, 3.8) is 0 Å². The molecule has 1 aliphatic heterocycles. The number of aryl methyl sites for hydroxylation is 2. The Hall–Kier alpha value is -2.28. The third-order valence-corrected chi connectivity index (χ3v) is 5.43. The number of nitrogens with one attached hydrogen (secondary N) is 1. The molecule has 1 saturated heterocycles. The van der Waals surface area contributed by atoms with Crippen LogP contribution in [0.3, 0.4) is 0 Å². The summed E-state index contributed by atoms with van der Waals surface area (Å²) in [4.78, 5) is 26.2. The summed E-state index contributed by atoms with van der Waals surface area (Å²) >= 11 is 1.40. The van der Waals surface area contributed by atoms with Gasteiger partial charge in [0, 0.05) is 25.9 Å². The van der Waals surface area contributed by atoms with Gasteiger partial charge in [0.05, 0.1) is 5.92 Å². The van der Waals surface area contributed by atoms with Crippen molar-refractivity contribution in [2.45, 2.75) is 39.0 Å². The van der Waals surface area contributed by atoms with Crippen molar-refractivity contribution in [2.24, 2.45) is 5.92 Å². The maximum Gasteiger partial charge on any atom is 0.231 e. The van der Waals surface area contributed by atoms with Gasteiger partial charge in [-0.25, -0.2) is 0 Å². The first-order valence-electron chi connectivity index (χ1n) is 9.10. The quantitative estimate of drug-likeness (QED) is 0.773. The summed E-state index contributed by atoms with van der Waals surface area (Å²) in [5.41, 5.74) is 1.25. The van der Waals surface area contributed by atoms with Crippen LogP contribution < -0.4 is 5.32 Å². The average molecular weight is 372 g/mol. The molecule has 1 fully saturated rings. The van der Waals surface area contributed by atoms with Gasteiger partial charge < -0.3 is 10.2 Å². The molecule has 138 valence electrons. The number of anilines is 1. The van der Waals surface area contributed by atoms with Crippen molar-refractivity contribution in [3.05, 3.63) is 40.9 Å². The van der Waals surface area contributed by atoms with E-state index in [1.165, 1.54) is 16.9 Å². The minimum atomic E-state index is -0.295. The number of hydrogen-bond acceptors (Lipinski definition) is 5. The topological polar surface area (TPSA) is 75.2 Å². The van der Waals surface area contributed by atoms with E-state index in [0.717, 1.165) is 37.2 Å². The van der Waals surface area contributed by atoms with E-state index in [-0.39, 0.29) is 24.2 Å². The highest BCUT2D eigenvalue weighted by Crippen LogP contribution is 2.22. The zero-order chi connectivity index (χ0) is 18.4. The van der Waals surface area contributed by atoms with E-state index in [4.69, 9.17) is 0 Å². The van der Waals surface area contributed by atoms with Crippen LogP contribution in [-0.4, -0.2) is 40.0 Å². The monoisotopic (exact) mass is 372 g/mol. The zero-order valence-electron chi connectivity index (χ0n) is 15.0. The maximum atomic E-state index is 12.4. The standard InChI is InChI=1S/C19H24N4O2S/c1-2-3-11-23-13-15(12-17(23)24)18(25)20-19-22-21-16(26-19)10-9-14-7-5-4-6-8-14/h4-8,15H,2-3,9-13H2,1H3,(H,20,22,25).